The van der Waals surface area contributed by atoms with Gasteiger partial charge in [0.15, 0.2) is 0 Å². The molecule has 0 atom stereocenters. The summed E-state index contributed by atoms with van der Waals surface area (Å²) in [5.74, 6) is -0.399. The summed E-state index contributed by atoms with van der Waals surface area (Å²) in [5.41, 5.74) is -1.54. The number of benzene rings is 1. The molecule has 3 aromatic heterocycles. The fourth-order valence-corrected chi connectivity index (χ4v) is 5.49. The minimum absolute atomic E-state index is 0.114. The lowest BCUT2D eigenvalue weighted by Crippen LogP contribution is -2.56. The average molecular weight is 575 g/mol. The Morgan fingerprint density at radius 1 is 1.23 bits per heavy atom. The maximum atomic E-state index is 14.0. The minimum atomic E-state index is -1.48. The molecule has 0 aliphatic carbocycles. The number of aliphatic hydroxyl groups excluding tert-OH is 1. The van der Waals surface area contributed by atoms with Gasteiger partial charge in [-0.05, 0) is 71.7 Å². The molecule has 0 radical (unpaired) electrons. The van der Waals surface area contributed by atoms with Crippen LogP contribution in [0.3, 0.4) is 0 Å². The zero-order chi connectivity index (χ0) is 29.8. The normalized spacial score (nSPS) is 11.4. The Balaban J connectivity index is 0.00000141. The van der Waals surface area contributed by atoms with Gasteiger partial charge in [-0.25, -0.2) is 13.8 Å². The van der Waals surface area contributed by atoms with Crippen LogP contribution in [0.1, 0.15) is 45.7 Å². The number of methoxy groups -OCH3 is 1. The van der Waals surface area contributed by atoms with Gasteiger partial charge in [0, 0.05) is 24.8 Å². The minimum Gasteiger partial charge on any atom is -0.496 e. The third-order valence-corrected chi connectivity index (χ3v) is 7.45. The van der Waals surface area contributed by atoms with Gasteiger partial charge in [-0.15, -0.1) is 4.80 Å². The predicted octanol–water partition coefficient (Wildman–Crippen LogP) is 2.76. The molecule has 3 heterocycles. The van der Waals surface area contributed by atoms with Crippen LogP contribution in [-0.2, 0) is 23.3 Å². The van der Waals surface area contributed by atoms with Crippen molar-refractivity contribution in [3.63, 3.8) is 0 Å². The molecule has 0 fully saturated rings. The van der Waals surface area contributed by atoms with Crippen LogP contribution in [0.2, 0.25) is 0 Å². The number of rotatable bonds is 8. The summed E-state index contributed by atoms with van der Waals surface area (Å²) in [4.78, 5) is 42.6. The number of amides is 1. The second kappa shape index (κ2) is 12.6. The van der Waals surface area contributed by atoms with E-state index in [0.29, 0.717) is 32.1 Å². The molecule has 4 rings (SSSR count). The number of aryl methyl sites for hydroxylation is 3. The van der Waals surface area contributed by atoms with Gasteiger partial charge in [0.2, 0.25) is 5.91 Å². The molecule has 0 unspecified atom stereocenters. The van der Waals surface area contributed by atoms with Crippen LogP contribution in [-0.4, -0.2) is 54.9 Å². The van der Waals surface area contributed by atoms with Crippen LogP contribution in [0.15, 0.2) is 40.2 Å². The Bertz CT molecular complexity index is 1600. The monoisotopic (exact) mass is 574 g/mol. The first-order valence-electron chi connectivity index (χ1n) is 12.8. The number of carbonyl (C=O) groups excluding carboxylic acids is 1. The van der Waals surface area contributed by atoms with Crippen molar-refractivity contribution in [2.45, 2.75) is 66.1 Å². The fourth-order valence-electron chi connectivity index (χ4n) is 4.25. The second-order valence-corrected chi connectivity index (χ2v) is 10.8. The van der Waals surface area contributed by atoms with Crippen molar-refractivity contribution < 1.29 is 19.0 Å². The molecule has 11 nitrogen and oxygen atoms in total. The van der Waals surface area contributed by atoms with E-state index in [0.717, 1.165) is 4.57 Å². The second-order valence-electron chi connectivity index (χ2n) is 9.82. The number of fused-ring (bicyclic) bond motifs is 1. The van der Waals surface area contributed by atoms with Gasteiger partial charge in [0.05, 0.1) is 24.9 Å². The number of hydrogen-bond donors (Lipinski definition) is 2. The fraction of sp³-hybridized carbons (Fsp3) is 0.444. The molecular weight excluding hydrogens is 539 g/mol. The number of aliphatic hydroxyl groups is 1. The molecule has 0 saturated heterocycles. The topological polar surface area (TPSA) is 133 Å². The van der Waals surface area contributed by atoms with Crippen molar-refractivity contribution in [3.8, 4) is 10.8 Å². The largest absolute Gasteiger partial charge is 0.496 e. The van der Waals surface area contributed by atoms with E-state index in [9.17, 15) is 18.8 Å². The van der Waals surface area contributed by atoms with Crippen molar-refractivity contribution >= 4 is 27.5 Å². The van der Waals surface area contributed by atoms with Gasteiger partial charge in [0.1, 0.15) is 26.9 Å². The molecule has 0 saturated carbocycles. The number of halogens is 1. The zero-order valence-corrected chi connectivity index (χ0v) is 24.5. The van der Waals surface area contributed by atoms with Gasteiger partial charge in [-0.3, -0.25) is 14.2 Å². The highest BCUT2D eigenvalue weighted by Crippen LogP contribution is 2.31. The lowest BCUT2D eigenvalue weighted by Gasteiger charge is -2.27. The van der Waals surface area contributed by atoms with Crippen molar-refractivity contribution in [2.24, 2.45) is 0 Å². The average Bonchev–Trinajstić information content (AvgIpc) is 3.52. The van der Waals surface area contributed by atoms with Crippen LogP contribution >= 0.6 is 11.3 Å². The van der Waals surface area contributed by atoms with E-state index < -0.39 is 28.5 Å². The molecule has 4 aromatic rings. The maximum Gasteiger partial charge on any atom is 0.333 e. The Morgan fingerprint density at radius 3 is 2.42 bits per heavy atom. The number of nitrogens with one attached hydrogen (secondary N) is 1. The van der Waals surface area contributed by atoms with Crippen LogP contribution in [0, 0.1) is 12.7 Å². The van der Waals surface area contributed by atoms with E-state index >= 15 is 0 Å². The number of carbonyl (C=O) groups is 1. The van der Waals surface area contributed by atoms with Crippen molar-refractivity contribution in [2.75, 3.05) is 13.7 Å². The van der Waals surface area contributed by atoms with Crippen LogP contribution in [0.4, 0.5) is 4.39 Å². The molecule has 0 aliphatic heterocycles. The molecule has 0 spiro atoms. The van der Waals surface area contributed by atoms with Gasteiger partial charge >= 0.3 is 5.69 Å². The Morgan fingerprint density at radius 2 is 1.85 bits per heavy atom. The molecule has 1 aromatic carbocycles. The standard InChI is InChI=1S/C25H29FN6O4S.C2H6O/c1-14(2)29-23(34)25(4,5)31-20(33)19-15(3)21(32-27-10-11-28-32)37-22(19)30(24(31)35)12-9-16-13-17(26)7-8-18(16)36-6;1-2-3/h7-8,10-11,13-14H,9,12H2,1-6H3,(H,29,34);3H,2H2,1H3. The molecule has 216 valence electrons. The lowest BCUT2D eigenvalue weighted by atomic mass is 10.0. The molecule has 0 bridgehead atoms. The van der Waals surface area contributed by atoms with E-state index in [2.05, 4.69) is 15.5 Å². The molecular formula is C27H35FN6O5S. The Kier molecular flexibility index (Phi) is 9.64. The van der Waals surface area contributed by atoms with E-state index in [4.69, 9.17) is 9.84 Å². The number of ether oxygens (including phenoxy) is 1. The number of hydrogen-bond acceptors (Lipinski definition) is 8. The summed E-state index contributed by atoms with van der Waals surface area (Å²) in [6.07, 6.45) is 3.29. The van der Waals surface area contributed by atoms with Crippen LogP contribution < -0.4 is 21.3 Å². The summed E-state index contributed by atoms with van der Waals surface area (Å²) in [6, 6.07) is 4.00. The predicted molar refractivity (Wildman–Crippen MR) is 152 cm³/mol. The number of aromatic nitrogens is 5. The molecule has 0 aliphatic rings. The maximum absolute atomic E-state index is 14.0. The zero-order valence-electron chi connectivity index (χ0n) is 23.7. The summed E-state index contributed by atoms with van der Waals surface area (Å²) in [6.45, 7) is 10.5. The summed E-state index contributed by atoms with van der Waals surface area (Å²) < 4.78 is 21.8. The van der Waals surface area contributed by atoms with Gasteiger partial charge in [-0.2, -0.15) is 10.2 Å². The summed E-state index contributed by atoms with van der Waals surface area (Å²) in [7, 11) is 1.49. The molecule has 2 N–H and O–H groups in total. The number of nitrogens with zero attached hydrogens (tertiary/aromatic N) is 5. The first-order chi connectivity index (χ1) is 18.9. The van der Waals surface area contributed by atoms with Gasteiger partial charge in [0.25, 0.3) is 5.56 Å². The van der Waals surface area contributed by atoms with E-state index in [-0.39, 0.29) is 25.6 Å². The smallest absolute Gasteiger partial charge is 0.333 e. The van der Waals surface area contributed by atoms with Gasteiger partial charge in [-0.1, -0.05) is 11.3 Å². The molecule has 1 amide bonds. The highest BCUT2D eigenvalue weighted by atomic mass is 32.1. The van der Waals surface area contributed by atoms with E-state index in [1.807, 2.05) is 0 Å². The lowest BCUT2D eigenvalue weighted by molar-refractivity contribution is -0.129. The molecule has 13 heteroatoms. The quantitative estimate of drug-likeness (QED) is 0.331. The van der Waals surface area contributed by atoms with Crippen molar-refractivity contribution in [1.82, 2.24) is 29.4 Å². The summed E-state index contributed by atoms with van der Waals surface area (Å²) in [5, 5.41) is 19.6. The third kappa shape index (κ3) is 5.99. The highest BCUT2D eigenvalue weighted by Gasteiger charge is 2.35. The third-order valence-electron chi connectivity index (χ3n) is 6.17. The highest BCUT2D eigenvalue weighted by molar-refractivity contribution is 7.21. The SMILES string of the molecule is CCO.COc1ccc(F)cc1CCn1c(=O)n(C(C)(C)C(=O)NC(C)C)c(=O)c2c(C)c(-n3nccn3)sc21. The van der Waals surface area contributed by atoms with Crippen LogP contribution in [0.25, 0.3) is 15.2 Å². The van der Waals surface area contributed by atoms with Gasteiger partial charge < -0.3 is 15.2 Å². The first-order valence-corrected chi connectivity index (χ1v) is 13.6. The number of thiophene rings is 1. The van der Waals surface area contributed by atoms with Crippen molar-refractivity contribution in [3.05, 3.63) is 68.4 Å². The molecule has 40 heavy (non-hydrogen) atoms. The van der Waals surface area contributed by atoms with Crippen molar-refractivity contribution in [1.29, 1.82) is 0 Å². The van der Waals surface area contributed by atoms with E-state index in [1.165, 1.54) is 72.3 Å². The Labute approximate surface area is 234 Å². The summed E-state index contributed by atoms with van der Waals surface area (Å²) >= 11 is 1.20. The van der Waals surface area contributed by atoms with E-state index in [1.54, 1.807) is 27.7 Å². The first kappa shape index (κ1) is 30.7. The van der Waals surface area contributed by atoms with Crippen LogP contribution in [0.5, 0.6) is 5.75 Å². The Hall–Kier alpha value is -3.84.